The van der Waals surface area contributed by atoms with Crippen LogP contribution in [0.2, 0.25) is 0 Å². The second-order valence-corrected chi connectivity index (χ2v) is 6.38. The van der Waals surface area contributed by atoms with E-state index < -0.39 is 5.41 Å². The maximum atomic E-state index is 12.3. The van der Waals surface area contributed by atoms with Crippen molar-refractivity contribution in [2.45, 2.75) is 33.0 Å². The third-order valence-electron chi connectivity index (χ3n) is 3.78. The molecule has 1 aliphatic rings. The molecule has 0 saturated carbocycles. The van der Waals surface area contributed by atoms with Crippen LogP contribution >= 0.6 is 11.6 Å². The predicted molar refractivity (Wildman–Crippen MR) is 80.9 cm³/mol. The summed E-state index contributed by atoms with van der Waals surface area (Å²) in [5, 5.41) is 0. The molecule has 1 aromatic carbocycles. The van der Waals surface area contributed by atoms with Crippen LogP contribution in [0, 0.1) is 5.41 Å². The van der Waals surface area contributed by atoms with Crippen LogP contribution in [0.5, 0.6) is 0 Å². The predicted octanol–water partition coefficient (Wildman–Crippen LogP) is 2.85. The fourth-order valence-corrected chi connectivity index (χ4v) is 2.60. The fraction of sp³-hybridized carbons (Fsp3) is 0.562. The Hall–Kier alpha value is -1.06. The lowest BCUT2D eigenvalue weighted by Crippen LogP contribution is -2.44. The summed E-state index contributed by atoms with van der Waals surface area (Å²) in [6.45, 7) is 4.97. The molecule has 0 radical (unpaired) electrons. The number of nitrogens with zero attached hydrogens (tertiary/aromatic N) is 1. The van der Waals surface area contributed by atoms with Crippen molar-refractivity contribution in [2.75, 3.05) is 19.5 Å². The van der Waals surface area contributed by atoms with E-state index in [0.717, 1.165) is 6.42 Å². The Balaban J connectivity index is 1.97. The smallest absolute Gasteiger partial charge is 0.229 e. The largest absolute Gasteiger partial charge is 0.371 e. The molecule has 0 aliphatic carbocycles. The van der Waals surface area contributed by atoms with Gasteiger partial charge in [0.1, 0.15) is 0 Å². The molecule has 1 aromatic rings. The van der Waals surface area contributed by atoms with Gasteiger partial charge < -0.3 is 9.64 Å². The minimum atomic E-state index is -0.525. The summed E-state index contributed by atoms with van der Waals surface area (Å²) >= 11 is 5.86. The number of ether oxygens (including phenoxy) is 1. The fourth-order valence-electron chi connectivity index (χ4n) is 2.49. The standard InChI is InChI=1S/C16H22ClNO2/c1-16(2,11-17)15(19)18(3)9-14-8-12-6-4-5-7-13(12)10-20-14/h4-7,14H,8-11H2,1-3H3. The number of alkyl halides is 1. The van der Waals surface area contributed by atoms with Gasteiger partial charge in [0.2, 0.25) is 5.91 Å². The van der Waals surface area contributed by atoms with Crippen LogP contribution in [-0.4, -0.2) is 36.4 Å². The average molecular weight is 296 g/mol. The number of rotatable bonds is 4. The monoisotopic (exact) mass is 295 g/mol. The molecule has 0 spiro atoms. The number of hydrogen-bond donors (Lipinski definition) is 0. The van der Waals surface area contributed by atoms with Crippen molar-refractivity contribution in [3.05, 3.63) is 35.4 Å². The normalized spacial score (nSPS) is 18.5. The summed E-state index contributed by atoms with van der Waals surface area (Å²) in [7, 11) is 1.82. The molecule has 110 valence electrons. The number of carbonyl (C=O) groups is 1. The molecule has 4 heteroatoms. The number of fused-ring (bicyclic) bond motifs is 1. The molecule has 1 atom stereocenters. The van der Waals surface area contributed by atoms with Crippen molar-refractivity contribution < 1.29 is 9.53 Å². The minimum absolute atomic E-state index is 0.0602. The molecule has 0 saturated heterocycles. The number of likely N-dealkylation sites (N-methyl/N-ethyl adjacent to an activating group) is 1. The van der Waals surface area contributed by atoms with Gasteiger partial charge in [-0.05, 0) is 25.0 Å². The molecule has 1 aliphatic heterocycles. The summed E-state index contributed by atoms with van der Waals surface area (Å²) in [5.74, 6) is 0.389. The van der Waals surface area contributed by atoms with Gasteiger partial charge in [0, 0.05) is 25.9 Å². The lowest BCUT2D eigenvalue weighted by Gasteiger charge is -2.32. The maximum Gasteiger partial charge on any atom is 0.229 e. The Morgan fingerprint density at radius 2 is 2.05 bits per heavy atom. The summed E-state index contributed by atoms with van der Waals surface area (Å²) in [5.41, 5.74) is 2.04. The molecule has 0 N–H and O–H groups in total. The average Bonchev–Trinajstić information content (AvgIpc) is 2.46. The molecule has 0 bridgehead atoms. The third kappa shape index (κ3) is 3.33. The van der Waals surface area contributed by atoms with Gasteiger partial charge in [-0.15, -0.1) is 11.6 Å². The van der Waals surface area contributed by atoms with Crippen LogP contribution in [0.4, 0.5) is 0 Å². The summed E-state index contributed by atoms with van der Waals surface area (Å²) < 4.78 is 5.84. The highest BCUT2D eigenvalue weighted by molar-refractivity contribution is 6.19. The van der Waals surface area contributed by atoms with E-state index in [1.807, 2.05) is 33.0 Å². The van der Waals surface area contributed by atoms with Gasteiger partial charge in [-0.1, -0.05) is 24.3 Å². The van der Waals surface area contributed by atoms with Crippen molar-refractivity contribution in [3.63, 3.8) is 0 Å². The second-order valence-electron chi connectivity index (χ2n) is 6.11. The lowest BCUT2D eigenvalue weighted by atomic mass is 9.94. The van der Waals surface area contributed by atoms with Crippen molar-refractivity contribution >= 4 is 17.5 Å². The van der Waals surface area contributed by atoms with Gasteiger partial charge in [0.25, 0.3) is 0 Å². The lowest BCUT2D eigenvalue weighted by molar-refractivity contribution is -0.140. The maximum absolute atomic E-state index is 12.3. The van der Waals surface area contributed by atoms with E-state index in [2.05, 4.69) is 12.1 Å². The van der Waals surface area contributed by atoms with E-state index in [-0.39, 0.29) is 12.0 Å². The van der Waals surface area contributed by atoms with E-state index in [1.165, 1.54) is 11.1 Å². The summed E-state index contributed by atoms with van der Waals surface area (Å²) in [6, 6.07) is 8.31. The van der Waals surface area contributed by atoms with E-state index in [9.17, 15) is 4.79 Å². The van der Waals surface area contributed by atoms with Gasteiger partial charge >= 0.3 is 0 Å². The Labute approximate surface area is 125 Å². The Morgan fingerprint density at radius 3 is 2.70 bits per heavy atom. The highest BCUT2D eigenvalue weighted by Crippen LogP contribution is 2.23. The molecule has 0 fully saturated rings. The number of carbonyl (C=O) groups excluding carboxylic acids is 1. The van der Waals surface area contributed by atoms with Crippen LogP contribution in [0.3, 0.4) is 0 Å². The first-order chi connectivity index (χ1) is 9.44. The molecule has 3 nitrogen and oxygen atoms in total. The molecular weight excluding hydrogens is 274 g/mol. The Bertz CT molecular complexity index is 487. The van der Waals surface area contributed by atoms with Gasteiger partial charge in [0.05, 0.1) is 18.1 Å². The SMILES string of the molecule is CN(CC1Cc2ccccc2CO1)C(=O)C(C)(C)CCl. The first-order valence-electron chi connectivity index (χ1n) is 6.94. The zero-order valence-corrected chi connectivity index (χ0v) is 13.1. The summed E-state index contributed by atoms with van der Waals surface area (Å²) in [4.78, 5) is 14.0. The molecule has 20 heavy (non-hydrogen) atoms. The van der Waals surface area contributed by atoms with E-state index >= 15 is 0 Å². The van der Waals surface area contributed by atoms with Gasteiger partial charge in [-0.25, -0.2) is 0 Å². The topological polar surface area (TPSA) is 29.5 Å². The van der Waals surface area contributed by atoms with E-state index in [4.69, 9.17) is 16.3 Å². The van der Waals surface area contributed by atoms with Gasteiger partial charge in [-0.2, -0.15) is 0 Å². The molecule has 1 unspecified atom stereocenters. The molecule has 1 amide bonds. The van der Waals surface area contributed by atoms with Gasteiger partial charge in [-0.3, -0.25) is 4.79 Å². The number of amides is 1. The molecule has 2 rings (SSSR count). The van der Waals surface area contributed by atoms with Crippen LogP contribution < -0.4 is 0 Å². The van der Waals surface area contributed by atoms with Gasteiger partial charge in [0.15, 0.2) is 0 Å². The molecule has 1 heterocycles. The van der Waals surface area contributed by atoms with E-state index in [0.29, 0.717) is 19.0 Å². The van der Waals surface area contributed by atoms with Crippen molar-refractivity contribution in [1.82, 2.24) is 4.90 Å². The number of hydrogen-bond acceptors (Lipinski definition) is 2. The Kier molecular flexibility index (Phi) is 4.71. The van der Waals surface area contributed by atoms with E-state index in [1.54, 1.807) is 4.90 Å². The van der Waals surface area contributed by atoms with Crippen molar-refractivity contribution in [2.24, 2.45) is 5.41 Å². The summed E-state index contributed by atoms with van der Waals surface area (Å²) in [6.07, 6.45) is 0.916. The zero-order chi connectivity index (χ0) is 14.8. The highest BCUT2D eigenvalue weighted by Gasteiger charge is 2.31. The number of halogens is 1. The molecule has 0 aromatic heterocycles. The molecular formula is C16H22ClNO2. The van der Waals surface area contributed by atoms with Crippen LogP contribution in [0.25, 0.3) is 0 Å². The van der Waals surface area contributed by atoms with Crippen molar-refractivity contribution in [1.29, 1.82) is 0 Å². The second kappa shape index (κ2) is 6.15. The zero-order valence-electron chi connectivity index (χ0n) is 12.4. The van der Waals surface area contributed by atoms with Crippen LogP contribution in [0.15, 0.2) is 24.3 Å². The van der Waals surface area contributed by atoms with Crippen LogP contribution in [-0.2, 0) is 22.6 Å². The van der Waals surface area contributed by atoms with Crippen molar-refractivity contribution in [3.8, 4) is 0 Å². The first-order valence-corrected chi connectivity index (χ1v) is 7.47. The van der Waals surface area contributed by atoms with Crippen LogP contribution in [0.1, 0.15) is 25.0 Å². The highest BCUT2D eigenvalue weighted by atomic mass is 35.5. The minimum Gasteiger partial charge on any atom is -0.371 e. The number of benzene rings is 1. The third-order valence-corrected chi connectivity index (χ3v) is 4.45. The Morgan fingerprint density at radius 1 is 1.40 bits per heavy atom. The quantitative estimate of drug-likeness (QED) is 0.800. The first kappa shape index (κ1) is 15.3.